The van der Waals surface area contributed by atoms with Crippen molar-refractivity contribution in [1.82, 2.24) is 24.4 Å². The smallest absolute Gasteiger partial charge is 0.431 e. The van der Waals surface area contributed by atoms with Gasteiger partial charge in [0.2, 0.25) is 11.7 Å². The van der Waals surface area contributed by atoms with Crippen molar-refractivity contribution in [2.75, 3.05) is 43.9 Å². The molecule has 14 nitrogen and oxygen atoms in total. The van der Waals surface area contributed by atoms with Gasteiger partial charge in [0.1, 0.15) is 28.7 Å². The standard InChI is InChI=1S/C36H37FN8O6/c1-17(2)49-36(48)51-18(3)50-35(47)24-15-44(6)34-21(32(24)46)9-20(12-41-34)23-13-40-33-29(31(23)45-8-7-19-14-43(5)16-27(19)45)28-22(11-38)25(37)10-26(39-4)30(28)42-33/h9-10,12-13,15,17-19,27,39H,7-8,14,16H2,1-6H3,(H,40,42)/t18?,19-,27+/m0/s1. The number of pyridine rings is 3. The first-order chi connectivity index (χ1) is 24.4. The number of esters is 1. The Balaban J connectivity index is 1.40. The van der Waals surface area contributed by atoms with Crippen LogP contribution < -0.4 is 15.6 Å². The van der Waals surface area contributed by atoms with Gasteiger partial charge < -0.3 is 38.9 Å². The normalized spacial score (nSPS) is 18.0. The summed E-state index contributed by atoms with van der Waals surface area (Å²) < 4.78 is 32.2. The number of benzene rings is 1. The van der Waals surface area contributed by atoms with E-state index in [9.17, 15) is 19.6 Å². The third-order valence-electron chi connectivity index (χ3n) is 9.63. The van der Waals surface area contributed by atoms with Crippen LogP contribution >= 0.6 is 0 Å². The molecule has 0 aliphatic carbocycles. The summed E-state index contributed by atoms with van der Waals surface area (Å²) in [5.41, 5.74) is 2.76. The fourth-order valence-corrected chi connectivity index (χ4v) is 7.50. The van der Waals surface area contributed by atoms with Crippen LogP contribution in [-0.4, -0.2) is 88.7 Å². The third kappa shape index (κ3) is 5.75. The van der Waals surface area contributed by atoms with Gasteiger partial charge in [-0.05, 0) is 39.3 Å². The van der Waals surface area contributed by atoms with Gasteiger partial charge in [-0.25, -0.2) is 23.9 Å². The van der Waals surface area contributed by atoms with E-state index in [1.54, 1.807) is 51.0 Å². The molecule has 2 fully saturated rings. The van der Waals surface area contributed by atoms with Crippen molar-refractivity contribution in [3.8, 4) is 17.2 Å². The van der Waals surface area contributed by atoms with Crippen LogP contribution in [0, 0.1) is 23.1 Å². The van der Waals surface area contributed by atoms with Crippen molar-refractivity contribution >= 4 is 56.5 Å². The molecule has 15 heteroatoms. The van der Waals surface area contributed by atoms with Crippen LogP contribution in [0.4, 0.5) is 20.6 Å². The number of rotatable bonds is 7. The molecule has 264 valence electrons. The van der Waals surface area contributed by atoms with E-state index in [0.717, 1.165) is 31.7 Å². The number of likely N-dealkylation sites (N-methyl/N-ethyl adjacent to an activating group) is 1. The summed E-state index contributed by atoms with van der Waals surface area (Å²) in [4.78, 5) is 56.3. The zero-order chi connectivity index (χ0) is 36.3. The Hall–Kier alpha value is -5.75. The first-order valence-corrected chi connectivity index (χ1v) is 16.7. The van der Waals surface area contributed by atoms with E-state index in [1.807, 2.05) is 0 Å². The summed E-state index contributed by atoms with van der Waals surface area (Å²) >= 11 is 0. The minimum atomic E-state index is -1.32. The van der Waals surface area contributed by atoms with Gasteiger partial charge >= 0.3 is 12.1 Å². The molecule has 0 radical (unpaired) electrons. The van der Waals surface area contributed by atoms with Crippen LogP contribution in [0.15, 0.2) is 35.5 Å². The van der Waals surface area contributed by atoms with E-state index >= 15 is 4.39 Å². The Morgan fingerprint density at radius 1 is 1.10 bits per heavy atom. The molecule has 1 aromatic carbocycles. The number of carbonyl (C=O) groups excluding carboxylic acids is 2. The molecule has 2 N–H and O–H groups in total. The molecular weight excluding hydrogens is 659 g/mol. The van der Waals surface area contributed by atoms with Crippen molar-refractivity contribution < 1.29 is 28.2 Å². The van der Waals surface area contributed by atoms with Crippen molar-refractivity contribution in [2.45, 2.75) is 45.6 Å². The second-order valence-electron chi connectivity index (χ2n) is 13.4. The predicted octanol–water partition coefficient (Wildman–Crippen LogP) is 4.89. The van der Waals surface area contributed by atoms with Gasteiger partial charge in [0, 0.05) is 87.9 Å². The molecule has 51 heavy (non-hydrogen) atoms. The third-order valence-corrected chi connectivity index (χ3v) is 9.63. The van der Waals surface area contributed by atoms with Gasteiger partial charge in [0.05, 0.1) is 39.3 Å². The highest BCUT2D eigenvalue weighted by Gasteiger charge is 2.42. The Morgan fingerprint density at radius 3 is 2.61 bits per heavy atom. The number of aryl methyl sites for hydroxylation is 1. The van der Waals surface area contributed by atoms with E-state index in [2.05, 4.69) is 38.2 Å². The number of aromatic nitrogens is 4. The zero-order valence-electron chi connectivity index (χ0n) is 29.0. The molecule has 0 saturated carbocycles. The molecule has 6 heterocycles. The number of H-pyrrole nitrogens is 1. The maximum atomic E-state index is 15.5. The lowest BCUT2D eigenvalue weighted by Crippen LogP contribution is -2.35. The summed E-state index contributed by atoms with van der Waals surface area (Å²) in [7, 11) is 5.42. The first-order valence-electron chi connectivity index (χ1n) is 16.7. The molecule has 0 spiro atoms. The maximum Gasteiger partial charge on any atom is 0.511 e. The molecule has 0 bridgehead atoms. The largest absolute Gasteiger partial charge is 0.511 e. The van der Waals surface area contributed by atoms with Crippen LogP contribution in [0.3, 0.4) is 0 Å². The molecule has 2 aliphatic heterocycles. The molecule has 2 saturated heterocycles. The lowest BCUT2D eigenvalue weighted by Gasteiger charge is -2.29. The highest BCUT2D eigenvalue weighted by Crippen LogP contribution is 2.47. The zero-order valence-corrected chi connectivity index (χ0v) is 29.0. The van der Waals surface area contributed by atoms with Gasteiger partial charge in [-0.2, -0.15) is 5.26 Å². The monoisotopic (exact) mass is 696 g/mol. The summed E-state index contributed by atoms with van der Waals surface area (Å²) in [6.45, 7) is 7.12. The van der Waals surface area contributed by atoms with Crippen LogP contribution in [-0.2, 0) is 21.3 Å². The quantitative estimate of drug-likeness (QED) is 0.175. The van der Waals surface area contributed by atoms with Gasteiger partial charge in [-0.15, -0.1) is 0 Å². The number of nitriles is 1. The highest BCUT2D eigenvalue weighted by atomic mass is 19.1. The summed E-state index contributed by atoms with van der Waals surface area (Å²) in [5.74, 6) is -1.24. The van der Waals surface area contributed by atoms with Crippen LogP contribution in [0.2, 0.25) is 0 Å². The summed E-state index contributed by atoms with van der Waals surface area (Å²) in [6, 6.07) is 5.17. The second-order valence-corrected chi connectivity index (χ2v) is 13.4. The first kappa shape index (κ1) is 33.7. The summed E-state index contributed by atoms with van der Waals surface area (Å²) in [5, 5.41) is 14.4. The second kappa shape index (κ2) is 12.9. The number of nitrogens with zero attached hydrogens (tertiary/aromatic N) is 6. The lowest BCUT2D eigenvalue weighted by molar-refractivity contribution is -0.0867. The van der Waals surface area contributed by atoms with Gasteiger partial charge in [-0.3, -0.25) is 4.79 Å². The molecule has 7 rings (SSSR count). The van der Waals surface area contributed by atoms with E-state index in [1.165, 1.54) is 19.2 Å². The Morgan fingerprint density at radius 2 is 1.88 bits per heavy atom. The SMILES string of the molecule is CNc1cc(F)c(C#N)c2c1[nH]c1ncc(-c3cnc4c(c3)c(=O)c(C(=O)OC(C)OC(=O)OC(C)C)cn4C)c(N3CC[C@H]4CN(C)C[C@H]43)c12. The Bertz CT molecular complexity index is 2350. The molecule has 2 aliphatic rings. The van der Waals surface area contributed by atoms with Crippen molar-refractivity contribution in [1.29, 1.82) is 5.26 Å². The molecule has 0 amide bonds. The molecule has 5 aromatic rings. The lowest BCUT2D eigenvalue weighted by atomic mass is 9.98. The van der Waals surface area contributed by atoms with Crippen LogP contribution in [0.25, 0.3) is 44.1 Å². The van der Waals surface area contributed by atoms with Gasteiger partial charge in [-0.1, -0.05) is 0 Å². The molecule has 4 aromatic heterocycles. The fraction of sp³-hybridized carbons (Fsp3) is 0.389. The highest BCUT2D eigenvalue weighted by molar-refractivity contribution is 6.20. The molecular formula is C36H37FN8O6. The van der Waals surface area contributed by atoms with Gasteiger partial charge in [0.15, 0.2) is 0 Å². The average Bonchev–Trinajstić information content (AvgIpc) is 3.77. The molecule has 1 unspecified atom stereocenters. The van der Waals surface area contributed by atoms with E-state index in [4.69, 9.17) is 19.2 Å². The minimum Gasteiger partial charge on any atom is -0.431 e. The van der Waals surface area contributed by atoms with Crippen LogP contribution in [0.1, 0.15) is 43.1 Å². The number of likely N-dealkylation sites (tertiary alicyclic amines) is 1. The number of aromatic amines is 1. The van der Waals surface area contributed by atoms with Crippen molar-refractivity contribution in [2.24, 2.45) is 13.0 Å². The Labute approximate surface area is 291 Å². The van der Waals surface area contributed by atoms with E-state index in [0.29, 0.717) is 50.3 Å². The number of halogens is 1. The number of anilines is 2. The maximum absolute atomic E-state index is 15.5. The number of hydrogen-bond donors (Lipinski definition) is 2. The summed E-state index contributed by atoms with van der Waals surface area (Å²) in [6.07, 6.45) is 2.83. The topological polar surface area (TPSA) is 168 Å². The number of nitrogens with one attached hydrogen (secondary N) is 2. The number of ether oxygens (including phenoxy) is 3. The number of fused-ring (bicyclic) bond motifs is 5. The predicted molar refractivity (Wildman–Crippen MR) is 188 cm³/mol. The van der Waals surface area contributed by atoms with E-state index < -0.39 is 35.8 Å². The number of hydrogen-bond acceptors (Lipinski definition) is 12. The molecule has 3 atom stereocenters. The van der Waals surface area contributed by atoms with Crippen molar-refractivity contribution in [3.63, 3.8) is 0 Å². The van der Waals surface area contributed by atoms with E-state index in [-0.39, 0.29) is 22.6 Å². The minimum absolute atomic E-state index is 0.0981. The van der Waals surface area contributed by atoms with Gasteiger partial charge in [0.25, 0.3) is 0 Å². The number of carbonyl (C=O) groups is 2. The Kier molecular flexibility index (Phi) is 8.50. The van der Waals surface area contributed by atoms with Crippen molar-refractivity contribution in [3.05, 3.63) is 57.9 Å². The average molecular weight is 697 g/mol. The van der Waals surface area contributed by atoms with Crippen LogP contribution in [0.5, 0.6) is 0 Å². The fourth-order valence-electron chi connectivity index (χ4n) is 7.50.